The van der Waals surface area contributed by atoms with Gasteiger partial charge in [-0.3, -0.25) is 10.1 Å². The summed E-state index contributed by atoms with van der Waals surface area (Å²) in [6.07, 6.45) is 5.02. The first kappa shape index (κ1) is 14.1. The van der Waals surface area contributed by atoms with Gasteiger partial charge in [-0.05, 0) is 29.7 Å². The highest BCUT2D eigenvalue weighted by atomic mass is 32.1. The summed E-state index contributed by atoms with van der Waals surface area (Å²) in [5, 5.41) is 5.67. The highest BCUT2D eigenvalue weighted by Gasteiger charge is 2.42. The molecule has 0 aromatic carbocycles. The maximum Gasteiger partial charge on any atom is 0.241 e. The van der Waals surface area contributed by atoms with Gasteiger partial charge in [-0.15, -0.1) is 11.3 Å². The van der Waals surface area contributed by atoms with E-state index in [0.717, 1.165) is 18.9 Å². The van der Waals surface area contributed by atoms with Crippen LogP contribution in [0.1, 0.15) is 50.6 Å². The van der Waals surface area contributed by atoms with Crippen molar-refractivity contribution in [2.75, 3.05) is 6.54 Å². The van der Waals surface area contributed by atoms with Crippen molar-refractivity contribution in [2.45, 2.75) is 51.7 Å². The Labute approximate surface area is 125 Å². The van der Waals surface area contributed by atoms with Gasteiger partial charge in [-0.1, -0.05) is 39.2 Å². The molecule has 3 atom stereocenters. The molecule has 1 saturated carbocycles. The lowest BCUT2D eigenvalue weighted by atomic mass is 9.99. The molecule has 3 nitrogen and oxygen atoms in total. The Morgan fingerprint density at radius 1 is 1.50 bits per heavy atom. The third kappa shape index (κ3) is 2.77. The van der Waals surface area contributed by atoms with E-state index in [4.69, 9.17) is 0 Å². The van der Waals surface area contributed by atoms with Gasteiger partial charge in [0.1, 0.15) is 6.17 Å². The van der Waals surface area contributed by atoms with Crippen molar-refractivity contribution in [3.05, 3.63) is 22.4 Å². The molecule has 1 aromatic heterocycles. The molecule has 3 unspecified atom stereocenters. The first-order chi connectivity index (χ1) is 9.70. The van der Waals surface area contributed by atoms with Crippen molar-refractivity contribution in [3.63, 3.8) is 0 Å². The van der Waals surface area contributed by atoms with Gasteiger partial charge in [-0.25, -0.2) is 0 Å². The van der Waals surface area contributed by atoms with Crippen LogP contribution in [-0.2, 0) is 4.79 Å². The summed E-state index contributed by atoms with van der Waals surface area (Å²) < 4.78 is 0. The van der Waals surface area contributed by atoms with Crippen LogP contribution in [0.25, 0.3) is 0 Å². The predicted molar refractivity (Wildman–Crippen MR) is 82.5 cm³/mol. The summed E-state index contributed by atoms with van der Waals surface area (Å²) in [7, 11) is 0. The molecule has 0 bridgehead atoms. The van der Waals surface area contributed by atoms with Gasteiger partial charge in [-0.2, -0.15) is 0 Å². The summed E-state index contributed by atoms with van der Waals surface area (Å²) in [6, 6.07) is 4.20. The summed E-state index contributed by atoms with van der Waals surface area (Å²) in [5.41, 5.74) is 0. The molecule has 0 radical (unpaired) electrons. The normalized spacial score (nSPS) is 28.1. The molecule has 1 aliphatic heterocycles. The Morgan fingerprint density at radius 3 is 2.90 bits per heavy atom. The van der Waals surface area contributed by atoms with E-state index in [1.165, 1.54) is 24.1 Å². The smallest absolute Gasteiger partial charge is 0.241 e. The molecule has 1 aliphatic carbocycles. The van der Waals surface area contributed by atoms with Gasteiger partial charge in [0.25, 0.3) is 0 Å². The Balaban J connectivity index is 1.75. The van der Waals surface area contributed by atoms with Crippen LogP contribution < -0.4 is 5.32 Å². The highest BCUT2D eigenvalue weighted by molar-refractivity contribution is 7.10. The van der Waals surface area contributed by atoms with Gasteiger partial charge in [0, 0.05) is 11.4 Å². The second-order valence-corrected chi connectivity index (χ2v) is 7.19. The minimum absolute atomic E-state index is 0.00805. The Bertz CT molecular complexity index is 455. The lowest BCUT2D eigenvalue weighted by Gasteiger charge is -2.23. The van der Waals surface area contributed by atoms with Crippen molar-refractivity contribution in [1.82, 2.24) is 10.2 Å². The van der Waals surface area contributed by atoms with E-state index in [2.05, 4.69) is 41.6 Å². The zero-order chi connectivity index (χ0) is 14.1. The van der Waals surface area contributed by atoms with Gasteiger partial charge in [0.05, 0.1) is 6.04 Å². The molecule has 2 fully saturated rings. The van der Waals surface area contributed by atoms with Crippen molar-refractivity contribution in [2.24, 2.45) is 11.8 Å². The third-order valence-electron chi connectivity index (χ3n) is 4.70. The SMILES string of the molecule is CCC(C)C1NC(c2cccs2)N(CCC2CC2)C1=O. The van der Waals surface area contributed by atoms with E-state index in [1.807, 2.05) is 0 Å². The van der Waals surface area contributed by atoms with Crippen LogP contribution in [0.4, 0.5) is 0 Å². The maximum atomic E-state index is 12.7. The first-order valence-corrected chi connectivity index (χ1v) is 8.68. The van der Waals surface area contributed by atoms with Crippen LogP contribution in [0.2, 0.25) is 0 Å². The number of carbonyl (C=O) groups excluding carboxylic acids is 1. The number of hydrogen-bond acceptors (Lipinski definition) is 3. The van der Waals surface area contributed by atoms with Gasteiger partial charge in [0.15, 0.2) is 0 Å². The summed E-state index contributed by atoms with van der Waals surface area (Å²) in [5.74, 6) is 1.57. The number of nitrogens with zero attached hydrogens (tertiary/aromatic N) is 1. The predicted octanol–water partition coefficient (Wildman–Crippen LogP) is 3.39. The molecule has 2 aliphatic rings. The molecular weight excluding hydrogens is 268 g/mol. The van der Waals surface area contributed by atoms with Gasteiger partial charge < -0.3 is 4.90 Å². The average Bonchev–Trinajstić information content (AvgIpc) is 3.00. The molecule has 1 aromatic rings. The number of hydrogen-bond donors (Lipinski definition) is 1. The van der Waals surface area contributed by atoms with Crippen molar-refractivity contribution in [1.29, 1.82) is 0 Å². The molecule has 0 spiro atoms. The zero-order valence-corrected chi connectivity index (χ0v) is 13.2. The van der Waals surface area contributed by atoms with Crippen molar-refractivity contribution >= 4 is 17.2 Å². The van der Waals surface area contributed by atoms with Crippen LogP contribution in [0.3, 0.4) is 0 Å². The minimum atomic E-state index is -0.00805. The molecule has 20 heavy (non-hydrogen) atoms. The standard InChI is InChI=1S/C16H24N2OS/c1-3-11(2)14-16(19)18(9-8-12-6-7-12)15(17-14)13-5-4-10-20-13/h4-5,10-12,14-15,17H,3,6-9H2,1-2H3. The summed E-state index contributed by atoms with van der Waals surface area (Å²) in [4.78, 5) is 16.1. The third-order valence-corrected chi connectivity index (χ3v) is 5.62. The molecule has 4 heteroatoms. The van der Waals surface area contributed by atoms with E-state index in [9.17, 15) is 4.79 Å². The Kier molecular flexibility index (Phi) is 4.13. The molecule has 110 valence electrons. The fraction of sp³-hybridized carbons (Fsp3) is 0.688. The fourth-order valence-electron chi connectivity index (χ4n) is 2.93. The van der Waals surface area contributed by atoms with Gasteiger partial charge >= 0.3 is 0 Å². The number of nitrogens with one attached hydrogen (secondary N) is 1. The molecule has 2 heterocycles. The van der Waals surface area contributed by atoms with E-state index in [-0.39, 0.29) is 12.2 Å². The minimum Gasteiger partial charge on any atom is -0.321 e. The number of carbonyl (C=O) groups is 1. The van der Waals surface area contributed by atoms with Gasteiger partial charge in [0.2, 0.25) is 5.91 Å². The maximum absolute atomic E-state index is 12.7. The van der Waals surface area contributed by atoms with Crippen molar-refractivity contribution < 1.29 is 4.79 Å². The molecule has 1 N–H and O–H groups in total. The van der Waals surface area contributed by atoms with Crippen LogP contribution in [0.5, 0.6) is 0 Å². The van der Waals surface area contributed by atoms with E-state index < -0.39 is 0 Å². The zero-order valence-electron chi connectivity index (χ0n) is 12.3. The Hall–Kier alpha value is -0.870. The first-order valence-electron chi connectivity index (χ1n) is 7.80. The number of amides is 1. The second-order valence-electron chi connectivity index (χ2n) is 6.21. The van der Waals surface area contributed by atoms with Crippen LogP contribution in [0, 0.1) is 11.8 Å². The van der Waals surface area contributed by atoms with E-state index in [0.29, 0.717) is 11.8 Å². The van der Waals surface area contributed by atoms with Crippen LogP contribution in [-0.4, -0.2) is 23.4 Å². The topological polar surface area (TPSA) is 32.3 Å². The monoisotopic (exact) mass is 292 g/mol. The number of thiophene rings is 1. The fourth-order valence-corrected chi connectivity index (χ4v) is 3.73. The highest BCUT2D eigenvalue weighted by Crippen LogP contribution is 2.36. The molecular formula is C16H24N2OS. The Morgan fingerprint density at radius 2 is 2.30 bits per heavy atom. The lowest BCUT2D eigenvalue weighted by molar-refractivity contribution is -0.131. The quantitative estimate of drug-likeness (QED) is 0.871. The second kappa shape index (κ2) is 5.86. The summed E-state index contributed by atoms with van der Waals surface area (Å²) >= 11 is 1.74. The average molecular weight is 292 g/mol. The number of rotatable bonds is 6. The largest absolute Gasteiger partial charge is 0.321 e. The lowest BCUT2D eigenvalue weighted by Crippen LogP contribution is -2.36. The molecule has 3 rings (SSSR count). The van der Waals surface area contributed by atoms with Crippen LogP contribution in [0.15, 0.2) is 17.5 Å². The molecule has 1 amide bonds. The van der Waals surface area contributed by atoms with Crippen LogP contribution >= 0.6 is 11.3 Å². The summed E-state index contributed by atoms with van der Waals surface area (Å²) in [6.45, 7) is 5.24. The van der Waals surface area contributed by atoms with E-state index in [1.54, 1.807) is 11.3 Å². The molecule has 1 saturated heterocycles. The van der Waals surface area contributed by atoms with E-state index >= 15 is 0 Å². The van der Waals surface area contributed by atoms with Crippen molar-refractivity contribution in [3.8, 4) is 0 Å².